The zero-order valence-corrected chi connectivity index (χ0v) is 13.9. The number of carbonyl (C=O) groups is 1. The summed E-state index contributed by atoms with van der Waals surface area (Å²) < 4.78 is 27.5. The van der Waals surface area contributed by atoms with Crippen LogP contribution >= 0.6 is 0 Å². The lowest BCUT2D eigenvalue weighted by Crippen LogP contribution is -2.14. The fourth-order valence-electron chi connectivity index (χ4n) is 2.50. The number of benzene rings is 2. The molecule has 7 nitrogen and oxygen atoms in total. The van der Waals surface area contributed by atoms with E-state index in [9.17, 15) is 18.0 Å². The van der Waals surface area contributed by atoms with Gasteiger partial charge < -0.3 is 10.1 Å². The molecule has 0 spiro atoms. The Morgan fingerprint density at radius 3 is 2.60 bits per heavy atom. The standard InChI is InChI=1S/C17H14N2O5S/c1-10-7-16(20)18-15-6-5-13(9-14(10)15)25(23,24)19-12-4-2-3-11(8-12)17(21)22/h2-9,19H,1H3,(H,18,20)(H,21,22). The maximum absolute atomic E-state index is 12.6. The van der Waals surface area contributed by atoms with Crippen molar-refractivity contribution in [2.45, 2.75) is 11.8 Å². The van der Waals surface area contributed by atoms with E-state index in [-0.39, 0.29) is 21.7 Å². The van der Waals surface area contributed by atoms with Crippen LogP contribution in [0.15, 0.2) is 58.2 Å². The first-order valence-electron chi connectivity index (χ1n) is 7.26. The van der Waals surface area contributed by atoms with Gasteiger partial charge in [0.2, 0.25) is 5.56 Å². The topological polar surface area (TPSA) is 116 Å². The molecule has 1 heterocycles. The molecule has 0 saturated carbocycles. The molecule has 1 aromatic heterocycles. The molecule has 0 aliphatic heterocycles. The van der Waals surface area contributed by atoms with Crippen LogP contribution in [0.3, 0.4) is 0 Å². The van der Waals surface area contributed by atoms with Crippen molar-refractivity contribution in [2.75, 3.05) is 4.72 Å². The molecule has 25 heavy (non-hydrogen) atoms. The number of aryl methyl sites for hydroxylation is 1. The van der Waals surface area contributed by atoms with Gasteiger partial charge in [-0.05, 0) is 48.9 Å². The molecule has 0 atom stereocenters. The third-order valence-corrected chi connectivity index (χ3v) is 5.07. The second-order valence-electron chi connectivity index (χ2n) is 5.52. The quantitative estimate of drug-likeness (QED) is 0.662. The zero-order valence-electron chi connectivity index (χ0n) is 13.1. The predicted molar refractivity (Wildman–Crippen MR) is 93.5 cm³/mol. The van der Waals surface area contributed by atoms with Crippen molar-refractivity contribution in [2.24, 2.45) is 0 Å². The fraction of sp³-hybridized carbons (Fsp3) is 0.0588. The summed E-state index contributed by atoms with van der Waals surface area (Å²) in [4.78, 5) is 25.1. The number of aromatic nitrogens is 1. The summed E-state index contributed by atoms with van der Waals surface area (Å²) in [6.07, 6.45) is 0. The van der Waals surface area contributed by atoms with E-state index in [4.69, 9.17) is 5.11 Å². The Morgan fingerprint density at radius 1 is 1.12 bits per heavy atom. The molecule has 3 rings (SSSR count). The third kappa shape index (κ3) is 3.38. The Bertz CT molecular complexity index is 1150. The summed E-state index contributed by atoms with van der Waals surface area (Å²) in [6.45, 7) is 1.72. The van der Waals surface area contributed by atoms with E-state index in [1.165, 1.54) is 48.5 Å². The Labute approximate surface area is 143 Å². The number of aromatic amines is 1. The highest BCUT2D eigenvalue weighted by molar-refractivity contribution is 7.92. The number of carboxylic acids is 1. The van der Waals surface area contributed by atoms with E-state index in [1.807, 2.05) is 0 Å². The van der Waals surface area contributed by atoms with Crippen molar-refractivity contribution in [3.8, 4) is 0 Å². The number of anilines is 1. The highest BCUT2D eigenvalue weighted by atomic mass is 32.2. The van der Waals surface area contributed by atoms with E-state index >= 15 is 0 Å². The molecule has 0 saturated heterocycles. The van der Waals surface area contributed by atoms with Crippen LogP contribution in [-0.4, -0.2) is 24.5 Å². The minimum absolute atomic E-state index is 0.0101. The number of hydrogen-bond acceptors (Lipinski definition) is 4. The molecule has 0 aliphatic carbocycles. The number of sulfonamides is 1. The fourth-order valence-corrected chi connectivity index (χ4v) is 3.57. The molecule has 0 amide bonds. The monoisotopic (exact) mass is 358 g/mol. The minimum atomic E-state index is -3.91. The number of fused-ring (bicyclic) bond motifs is 1. The summed E-state index contributed by atoms with van der Waals surface area (Å²) in [7, 11) is -3.91. The van der Waals surface area contributed by atoms with E-state index < -0.39 is 16.0 Å². The van der Waals surface area contributed by atoms with Crippen LogP contribution in [0.1, 0.15) is 15.9 Å². The molecule has 128 valence electrons. The Hall–Kier alpha value is -3.13. The van der Waals surface area contributed by atoms with Gasteiger partial charge in [0.25, 0.3) is 10.0 Å². The molecule has 0 aliphatic rings. The number of pyridine rings is 1. The van der Waals surface area contributed by atoms with Gasteiger partial charge in [-0.15, -0.1) is 0 Å². The normalized spacial score (nSPS) is 11.4. The van der Waals surface area contributed by atoms with Crippen LogP contribution in [0.25, 0.3) is 10.9 Å². The lowest BCUT2D eigenvalue weighted by Gasteiger charge is -2.10. The van der Waals surface area contributed by atoms with Crippen LogP contribution < -0.4 is 10.3 Å². The first-order valence-corrected chi connectivity index (χ1v) is 8.74. The molecule has 0 bridgehead atoms. The van der Waals surface area contributed by atoms with Crippen LogP contribution in [0, 0.1) is 6.92 Å². The summed E-state index contributed by atoms with van der Waals surface area (Å²) in [5.74, 6) is -1.15. The number of rotatable bonds is 4. The summed E-state index contributed by atoms with van der Waals surface area (Å²) in [5, 5.41) is 9.60. The Morgan fingerprint density at radius 2 is 1.88 bits per heavy atom. The smallest absolute Gasteiger partial charge is 0.335 e. The van der Waals surface area contributed by atoms with Gasteiger partial charge in [0, 0.05) is 22.7 Å². The van der Waals surface area contributed by atoms with Gasteiger partial charge in [-0.25, -0.2) is 13.2 Å². The second-order valence-corrected chi connectivity index (χ2v) is 7.20. The van der Waals surface area contributed by atoms with Crippen LogP contribution in [-0.2, 0) is 10.0 Å². The maximum Gasteiger partial charge on any atom is 0.335 e. The average Bonchev–Trinajstić information content (AvgIpc) is 2.54. The van der Waals surface area contributed by atoms with Crippen LogP contribution in [0.2, 0.25) is 0 Å². The minimum Gasteiger partial charge on any atom is -0.478 e. The Balaban J connectivity index is 2.03. The molecule has 0 radical (unpaired) electrons. The zero-order chi connectivity index (χ0) is 18.2. The first-order chi connectivity index (χ1) is 11.8. The van der Waals surface area contributed by atoms with Gasteiger partial charge in [0.05, 0.1) is 10.5 Å². The number of H-pyrrole nitrogens is 1. The second kappa shape index (κ2) is 6.06. The van der Waals surface area contributed by atoms with Crippen molar-refractivity contribution in [1.29, 1.82) is 0 Å². The van der Waals surface area contributed by atoms with Gasteiger partial charge in [-0.3, -0.25) is 9.52 Å². The SMILES string of the molecule is Cc1cc(=O)[nH]c2ccc(S(=O)(=O)Nc3cccc(C(=O)O)c3)cc12. The van der Waals surface area contributed by atoms with E-state index in [0.717, 1.165) is 0 Å². The molecular weight excluding hydrogens is 344 g/mol. The highest BCUT2D eigenvalue weighted by Crippen LogP contribution is 2.22. The molecule has 8 heteroatoms. The summed E-state index contributed by atoms with van der Waals surface area (Å²) in [5.41, 5.74) is 1.06. The van der Waals surface area contributed by atoms with E-state index in [1.54, 1.807) is 6.92 Å². The van der Waals surface area contributed by atoms with Gasteiger partial charge in [0.15, 0.2) is 0 Å². The van der Waals surface area contributed by atoms with Crippen molar-refractivity contribution in [3.63, 3.8) is 0 Å². The highest BCUT2D eigenvalue weighted by Gasteiger charge is 2.16. The first kappa shape index (κ1) is 16.7. The van der Waals surface area contributed by atoms with E-state index in [2.05, 4.69) is 9.71 Å². The number of nitrogens with one attached hydrogen (secondary N) is 2. The van der Waals surface area contributed by atoms with Gasteiger partial charge >= 0.3 is 5.97 Å². The Kier molecular flexibility index (Phi) is 4.05. The molecule has 3 N–H and O–H groups in total. The summed E-state index contributed by atoms with van der Waals surface area (Å²) >= 11 is 0. The van der Waals surface area contributed by atoms with Crippen molar-refractivity contribution < 1.29 is 18.3 Å². The molecular formula is C17H14N2O5S. The number of hydrogen-bond donors (Lipinski definition) is 3. The van der Waals surface area contributed by atoms with Crippen LogP contribution in [0.5, 0.6) is 0 Å². The lowest BCUT2D eigenvalue weighted by molar-refractivity contribution is 0.0697. The number of carboxylic acid groups (broad SMARTS) is 1. The predicted octanol–water partition coefficient (Wildman–Crippen LogP) is 2.34. The summed E-state index contributed by atoms with van der Waals surface area (Å²) in [6, 6.07) is 11.3. The van der Waals surface area contributed by atoms with E-state index in [0.29, 0.717) is 16.5 Å². The molecule has 0 unspecified atom stereocenters. The maximum atomic E-state index is 12.6. The van der Waals surface area contributed by atoms with Crippen molar-refractivity contribution >= 4 is 32.6 Å². The van der Waals surface area contributed by atoms with Gasteiger partial charge in [0.1, 0.15) is 0 Å². The van der Waals surface area contributed by atoms with Gasteiger partial charge in [-0.1, -0.05) is 6.07 Å². The lowest BCUT2D eigenvalue weighted by atomic mass is 10.1. The molecule has 2 aromatic carbocycles. The molecule has 0 fully saturated rings. The molecule has 3 aromatic rings. The van der Waals surface area contributed by atoms with Crippen LogP contribution in [0.4, 0.5) is 5.69 Å². The number of aromatic carboxylic acids is 1. The largest absolute Gasteiger partial charge is 0.478 e. The van der Waals surface area contributed by atoms with Crippen molar-refractivity contribution in [1.82, 2.24) is 4.98 Å². The average molecular weight is 358 g/mol. The van der Waals surface area contributed by atoms with Crippen molar-refractivity contribution in [3.05, 3.63) is 70.0 Å². The van der Waals surface area contributed by atoms with Gasteiger partial charge in [-0.2, -0.15) is 0 Å². The third-order valence-electron chi connectivity index (χ3n) is 3.69.